The highest BCUT2D eigenvalue weighted by molar-refractivity contribution is 7.90. The maximum atomic E-state index is 13.5. The minimum atomic E-state index is -4.91. The van der Waals surface area contributed by atoms with Crippen LogP contribution in [-0.4, -0.2) is 20.9 Å². The lowest BCUT2D eigenvalue weighted by Crippen LogP contribution is -2.32. The number of sulfonamides is 1. The topological polar surface area (TPSA) is 72.5 Å². The maximum Gasteiger partial charge on any atom is 0.417 e. The van der Waals surface area contributed by atoms with Crippen LogP contribution in [0.25, 0.3) is 11.1 Å². The second kappa shape index (κ2) is 12.4. The van der Waals surface area contributed by atoms with E-state index in [1.807, 2.05) is 66.2 Å². The predicted octanol–water partition coefficient (Wildman–Crippen LogP) is 7.07. The van der Waals surface area contributed by atoms with E-state index in [4.69, 9.17) is 4.74 Å². The molecular formula is C31H28F3NO4S. The fourth-order valence-corrected chi connectivity index (χ4v) is 5.52. The molecule has 40 heavy (non-hydrogen) atoms. The molecule has 0 aromatic heterocycles. The summed E-state index contributed by atoms with van der Waals surface area (Å²) in [5.74, 6) is -0.344. The average Bonchev–Trinajstić information content (AvgIpc) is 2.95. The van der Waals surface area contributed by atoms with Crippen LogP contribution in [0, 0.1) is 0 Å². The third kappa shape index (κ3) is 6.90. The van der Waals surface area contributed by atoms with Crippen LogP contribution in [0.15, 0.2) is 102 Å². The summed E-state index contributed by atoms with van der Waals surface area (Å²) in [6, 6.07) is 25.7. The maximum absolute atomic E-state index is 13.5. The second-order valence-corrected chi connectivity index (χ2v) is 10.8. The zero-order valence-electron chi connectivity index (χ0n) is 21.7. The second-order valence-electron chi connectivity index (χ2n) is 9.13. The summed E-state index contributed by atoms with van der Waals surface area (Å²) >= 11 is 0. The lowest BCUT2D eigenvalue weighted by molar-refractivity contribution is -0.139. The van der Waals surface area contributed by atoms with Crippen molar-refractivity contribution < 1.29 is 31.1 Å². The van der Waals surface area contributed by atoms with Gasteiger partial charge in [0.05, 0.1) is 17.1 Å². The molecule has 0 saturated heterocycles. The number of halogens is 3. The Morgan fingerprint density at radius 3 is 2.25 bits per heavy atom. The van der Waals surface area contributed by atoms with Gasteiger partial charge in [0.2, 0.25) is 0 Å². The highest BCUT2D eigenvalue weighted by Crippen LogP contribution is 2.35. The number of carbonyl (C=O) groups is 1. The van der Waals surface area contributed by atoms with Crippen LogP contribution in [0.2, 0.25) is 0 Å². The highest BCUT2D eigenvalue weighted by Gasteiger charge is 2.37. The molecular weight excluding hydrogens is 539 g/mol. The molecule has 0 aliphatic rings. The van der Waals surface area contributed by atoms with E-state index in [0.29, 0.717) is 36.8 Å². The largest absolute Gasteiger partial charge is 0.493 e. The van der Waals surface area contributed by atoms with Gasteiger partial charge in [-0.05, 0) is 60.2 Å². The van der Waals surface area contributed by atoms with Gasteiger partial charge < -0.3 is 4.74 Å². The van der Waals surface area contributed by atoms with E-state index >= 15 is 0 Å². The van der Waals surface area contributed by atoms with Crippen molar-refractivity contribution in [3.05, 3.63) is 119 Å². The van der Waals surface area contributed by atoms with Crippen LogP contribution < -0.4 is 9.46 Å². The Kier molecular flexibility index (Phi) is 8.94. The number of rotatable bonds is 10. The molecule has 4 aromatic rings. The van der Waals surface area contributed by atoms with Crippen LogP contribution >= 0.6 is 0 Å². The third-order valence-electron chi connectivity index (χ3n) is 6.24. The molecule has 4 rings (SSSR count). The molecule has 0 heterocycles. The molecule has 9 heteroatoms. The van der Waals surface area contributed by atoms with Gasteiger partial charge in [-0.2, -0.15) is 13.2 Å². The number of ether oxygens (including phenoxy) is 1. The van der Waals surface area contributed by atoms with Crippen LogP contribution in [0.3, 0.4) is 0 Å². The summed E-state index contributed by atoms with van der Waals surface area (Å²) < 4.78 is 74.1. The van der Waals surface area contributed by atoms with Crippen LogP contribution in [-0.2, 0) is 29.0 Å². The van der Waals surface area contributed by atoms with Gasteiger partial charge in [-0.1, -0.05) is 79.7 Å². The van der Waals surface area contributed by atoms with Gasteiger partial charge in [0.25, 0.3) is 15.9 Å². The van der Waals surface area contributed by atoms with Gasteiger partial charge in [-0.25, -0.2) is 13.1 Å². The number of amides is 1. The molecule has 0 unspecified atom stereocenters. The van der Waals surface area contributed by atoms with Gasteiger partial charge in [-0.15, -0.1) is 0 Å². The van der Waals surface area contributed by atoms with Gasteiger partial charge in [0.15, 0.2) is 0 Å². The van der Waals surface area contributed by atoms with Crippen LogP contribution in [0.1, 0.15) is 40.4 Å². The lowest BCUT2D eigenvalue weighted by Gasteiger charge is -2.16. The van der Waals surface area contributed by atoms with Crippen molar-refractivity contribution >= 4 is 15.9 Å². The Bertz CT molecular complexity index is 1590. The molecule has 4 aromatic carbocycles. The molecule has 208 valence electrons. The number of aryl methyl sites for hydroxylation is 2. The van der Waals surface area contributed by atoms with Crippen molar-refractivity contribution in [1.29, 1.82) is 0 Å². The molecule has 0 radical (unpaired) electrons. The lowest BCUT2D eigenvalue weighted by atomic mass is 9.94. The molecule has 0 aliphatic heterocycles. The number of para-hydroxylation sites is 1. The van der Waals surface area contributed by atoms with E-state index in [1.54, 1.807) is 12.1 Å². The summed E-state index contributed by atoms with van der Waals surface area (Å²) in [7, 11) is -4.82. The molecule has 0 atom stereocenters. The van der Waals surface area contributed by atoms with Crippen LogP contribution in [0.5, 0.6) is 5.75 Å². The van der Waals surface area contributed by atoms with Crippen molar-refractivity contribution in [3.63, 3.8) is 0 Å². The summed E-state index contributed by atoms with van der Waals surface area (Å²) in [5, 5.41) is 0. The fourth-order valence-electron chi connectivity index (χ4n) is 4.32. The van der Waals surface area contributed by atoms with Gasteiger partial charge in [0, 0.05) is 11.1 Å². The zero-order valence-corrected chi connectivity index (χ0v) is 22.6. The zero-order chi connectivity index (χ0) is 28.8. The summed E-state index contributed by atoms with van der Waals surface area (Å²) in [6.07, 6.45) is -3.15. The van der Waals surface area contributed by atoms with Gasteiger partial charge >= 0.3 is 6.18 Å². The van der Waals surface area contributed by atoms with Gasteiger partial charge in [-0.3, -0.25) is 4.79 Å². The first kappa shape index (κ1) is 28.9. The molecule has 0 fully saturated rings. The Labute approximate surface area is 231 Å². The molecule has 0 spiro atoms. The third-order valence-corrected chi connectivity index (χ3v) is 7.63. The van der Waals surface area contributed by atoms with Crippen LogP contribution in [0.4, 0.5) is 13.2 Å². The monoisotopic (exact) mass is 567 g/mol. The summed E-state index contributed by atoms with van der Waals surface area (Å²) in [5.41, 5.74) is 1.83. The van der Waals surface area contributed by atoms with Crippen molar-refractivity contribution in [1.82, 2.24) is 4.72 Å². The number of hydrogen-bond donors (Lipinski definition) is 1. The van der Waals surface area contributed by atoms with Crippen molar-refractivity contribution in [3.8, 4) is 16.9 Å². The molecule has 5 nitrogen and oxygen atoms in total. The molecule has 0 saturated carbocycles. The van der Waals surface area contributed by atoms with Gasteiger partial charge in [0.1, 0.15) is 5.75 Å². The SMILES string of the molecule is CCCOc1ccccc1-c1ccc(C(=O)NS(=O)(=O)c2ccccc2C(F)(F)F)c(CCc2ccccc2)c1. The Morgan fingerprint density at radius 1 is 0.850 bits per heavy atom. The predicted molar refractivity (Wildman–Crippen MR) is 148 cm³/mol. The van der Waals surface area contributed by atoms with E-state index < -0.39 is 32.6 Å². The Hall–Kier alpha value is -4.11. The number of alkyl halides is 3. The number of benzene rings is 4. The minimum Gasteiger partial charge on any atom is -0.493 e. The molecule has 1 N–H and O–H groups in total. The van der Waals surface area contributed by atoms with E-state index in [0.717, 1.165) is 35.2 Å². The number of carbonyl (C=O) groups excluding carboxylic acids is 1. The minimum absolute atomic E-state index is 0.0553. The summed E-state index contributed by atoms with van der Waals surface area (Å²) in [4.78, 5) is 12.3. The normalized spacial score (nSPS) is 11.7. The first-order valence-electron chi connectivity index (χ1n) is 12.7. The van der Waals surface area contributed by atoms with Crippen molar-refractivity contribution in [2.45, 2.75) is 37.3 Å². The molecule has 1 amide bonds. The first-order valence-corrected chi connectivity index (χ1v) is 14.2. The van der Waals surface area contributed by atoms with Crippen molar-refractivity contribution in [2.75, 3.05) is 6.61 Å². The number of hydrogen-bond acceptors (Lipinski definition) is 4. The Morgan fingerprint density at radius 2 is 1.52 bits per heavy atom. The Balaban J connectivity index is 1.71. The average molecular weight is 568 g/mol. The smallest absolute Gasteiger partial charge is 0.417 e. The number of nitrogens with one attached hydrogen (secondary N) is 1. The molecule has 0 bridgehead atoms. The van der Waals surface area contributed by atoms with E-state index in [2.05, 4.69) is 0 Å². The standard InChI is InChI=1S/C31H28F3NO4S/c1-2-20-39-28-14-8-6-12-25(28)23-18-19-26(24(21-23)17-16-22-10-4-3-5-11-22)30(36)35-40(37,38)29-15-9-7-13-27(29)31(32,33)34/h3-15,18-19,21H,2,16-17,20H2,1H3,(H,35,36). The van der Waals surface area contributed by atoms with E-state index in [1.165, 1.54) is 12.1 Å². The first-order chi connectivity index (χ1) is 19.1. The quantitative estimate of drug-likeness (QED) is 0.223. The fraction of sp³-hybridized carbons (Fsp3) is 0.194. The van der Waals surface area contributed by atoms with Crippen molar-refractivity contribution in [2.24, 2.45) is 0 Å². The summed E-state index contributed by atoms with van der Waals surface area (Å²) in [6.45, 7) is 2.52. The van der Waals surface area contributed by atoms with E-state index in [-0.39, 0.29) is 5.56 Å². The molecule has 0 aliphatic carbocycles. The van der Waals surface area contributed by atoms with E-state index in [9.17, 15) is 26.4 Å². The highest BCUT2D eigenvalue weighted by atomic mass is 32.2.